The first-order valence-corrected chi connectivity index (χ1v) is 3.81. The van der Waals surface area contributed by atoms with Crippen molar-refractivity contribution in [2.75, 3.05) is 13.7 Å². The molecule has 1 amide bonds. The normalized spacial score (nSPS) is 28.8. The first-order valence-electron chi connectivity index (χ1n) is 3.81. The maximum Gasteiger partial charge on any atom is 0.412 e. The van der Waals surface area contributed by atoms with Gasteiger partial charge in [-0.2, -0.15) is 0 Å². The number of rotatable bonds is 3. The predicted molar refractivity (Wildman–Crippen MR) is 43.6 cm³/mol. The van der Waals surface area contributed by atoms with E-state index in [1.54, 1.807) is 20.1 Å². The van der Waals surface area contributed by atoms with E-state index in [1.807, 2.05) is 0 Å². The topological polar surface area (TPSA) is 38.8 Å². The van der Waals surface area contributed by atoms with E-state index < -0.39 is 0 Å². The number of hydrogen-bond donors (Lipinski definition) is 0. The van der Waals surface area contributed by atoms with Crippen LogP contribution in [0.5, 0.6) is 0 Å². The fourth-order valence-corrected chi connectivity index (χ4v) is 1.28. The lowest BCUT2D eigenvalue weighted by Gasteiger charge is -2.19. The Bertz CT molecular complexity index is 193. The minimum absolute atomic E-state index is 0.206. The van der Waals surface area contributed by atoms with Gasteiger partial charge in [-0.05, 0) is 6.92 Å². The Morgan fingerprint density at radius 2 is 2.50 bits per heavy atom. The van der Waals surface area contributed by atoms with Crippen molar-refractivity contribution in [2.45, 2.75) is 19.3 Å². The van der Waals surface area contributed by atoms with Gasteiger partial charge in [-0.25, -0.2) is 4.79 Å². The monoisotopic (exact) mass is 171 g/mol. The summed E-state index contributed by atoms with van der Waals surface area (Å²) in [6, 6.07) is 0. The quantitative estimate of drug-likeness (QED) is 0.594. The third-order valence-electron chi connectivity index (χ3n) is 1.80. The molecule has 0 radical (unpaired) electrons. The van der Waals surface area contributed by atoms with E-state index >= 15 is 0 Å². The maximum absolute atomic E-state index is 11.1. The number of carbonyl (C=O) groups is 1. The second-order valence-corrected chi connectivity index (χ2v) is 2.66. The van der Waals surface area contributed by atoms with Crippen LogP contribution in [-0.4, -0.2) is 37.0 Å². The van der Waals surface area contributed by atoms with Gasteiger partial charge >= 0.3 is 6.09 Å². The van der Waals surface area contributed by atoms with E-state index in [9.17, 15) is 4.79 Å². The third-order valence-corrected chi connectivity index (χ3v) is 1.80. The van der Waals surface area contributed by atoms with Crippen molar-refractivity contribution in [3.8, 4) is 0 Å². The number of ether oxygens (including phenoxy) is 2. The predicted octanol–water partition coefficient (Wildman–Crippen LogP) is 0.986. The van der Waals surface area contributed by atoms with E-state index in [-0.39, 0.29) is 18.4 Å². The smallest absolute Gasteiger partial charge is 0.412 e. The van der Waals surface area contributed by atoms with E-state index in [4.69, 9.17) is 9.47 Å². The van der Waals surface area contributed by atoms with Crippen molar-refractivity contribution in [1.82, 2.24) is 4.90 Å². The standard InChI is InChI=1S/C8H13NO3/c1-4-5-9-7(11-3)6(2)12-8(9)10/h4,6-7H,1,5H2,2-3H3/t6-,7+/m1/s1. The average Bonchev–Trinajstić information content (AvgIpc) is 2.28. The largest absolute Gasteiger partial charge is 0.442 e. The maximum atomic E-state index is 11.1. The van der Waals surface area contributed by atoms with Crippen LogP contribution in [0.15, 0.2) is 12.7 Å². The molecule has 0 aromatic heterocycles. The van der Waals surface area contributed by atoms with Gasteiger partial charge in [-0.3, -0.25) is 4.90 Å². The van der Waals surface area contributed by atoms with Gasteiger partial charge in [0, 0.05) is 13.7 Å². The first kappa shape index (κ1) is 9.06. The summed E-state index contributed by atoms with van der Waals surface area (Å²) in [6.07, 6.45) is 0.817. The van der Waals surface area contributed by atoms with Crippen LogP contribution >= 0.6 is 0 Å². The van der Waals surface area contributed by atoms with Crippen molar-refractivity contribution in [2.24, 2.45) is 0 Å². The summed E-state index contributed by atoms with van der Waals surface area (Å²) in [5.41, 5.74) is 0. The molecule has 0 aromatic carbocycles. The van der Waals surface area contributed by atoms with E-state index in [1.165, 1.54) is 4.90 Å². The van der Waals surface area contributed by atoms with Gasteiger partial charge in [-0.1, -0.05) is 6.08 Å². The van der Waals surface area contributed by atoms with Crippen molar-refractivity contribution < 1.29 is 14.3 Å². The number of amides is 1. The van der Waals surface area contributed by atoms with Crippen molar-refractivity contribution in [3.05, 3.63) is 12.7 Å². The molecule has 68 valence electrons. The Morgan fingerprint density at radius 1 is 1.83 bits per heavy atom. The molecule has 1 aliphatic rings. The highest BCUT2D eigenvalue weighted by Gasteiger charge is 2.38. The Hall–Kier alpha value is -1.03. The molecule has 0 saturated carbocycles. The molecular weight excluding hydrogens is 158 g/mol. The molecule has 1 fully saturated rings. The lowest BCUT2D eigenvalue weighted by Crippen LogP contribution is -2.37. The second kappa shape index (κ2) is 3.58. The lowest BCUT2D eigenvalue weighted by molar-refractivity contribution is -0.0129. The molecule has 12 heavy (non-hydrogen) atoms. The van der Waals surface area contributed by atoms with Gasteiger partial charge < -0.3 is 9.47 Å². The van der Waals surface area contributed by atoms with Gasteiger partial charge in [-0.15, -0.1) is 6.58 Å². The van der Waals surface area contributed by atoms with E-state index in [0.717, 1.165) is 0 Å². The molecule has 0 N–H and O–H groups in total. The van der Waals surface area contributed by atoms with Crippen LogP contribution < -0.4 is 0 Å². The van der Waals surface area contributed by atoms with Gasteiger partial charge in [0.15, 0.2) is 6.23 Å². The lowest BCUT2D eigenvalue weighted by atomic mass is 10.3. The number of nitrogens with zero attached hydrogens (tertiary/aromatic N) is 1. The molecule has 0 bridgehead atoms. The van der Waals surface area contributed by atoms with E-state index in [2.05, 4.69) is 6.58 Å². The summed E-state index contributed by atoms with van der Waals surface area (Å²) < 4.78 is 10.0. The zero-order valence-corrected chi connectivity index (χ0v) is 7.32. The molecule has 0 spiro atoms. The summed E-state index contributed by atoms with van der Waals surface area (Å²) in [7, 11) is 1.55. The second-order valence-electron chi connectivity index (χ2n) is 2.66. The Balaban J connectivity index is 2.67. The van der Waals surface area contributed by atoms with Crippen LogP contribution in [0.25, 0.3) is 0 Å². The van der Waals surface area contributed by atoms with Crippen molar-refractivity contribution in [3.63, 3.8) is 0 Å². The number of methoxy groups -OCH3 is 1. The highest BCUT2D eigenvalue weighted by Crippen LogP contribution is 2.18. The fraction of sp³-hybridized carbons (Fsp3) is 0.625. The molecular formula is C8H13NO3. The highest BCUT2D eigenvalue weighted by molar-refractivity contribution is 5.70. The Kier molecular flexibility index (Phi) is 2.70. The van der Waals surface area contributed by atoms with Gasteiger partial charge in [0.25, 0.3) is 0 Å². The van der Waals surface area contributed by atoms with Gasteiger partial charge in [0.1, 0.15) is 6.10 Å². The fourth-order valence-electron chi connectivity index (χ4n) is 1.28. The molecule has 0 aliphatic carbocycles. The van der Waals surface area contributed by atoms with Crippen LogP contribution in [0.3, 0.4) is 0 Å². The summed E-state index contributed by atoms with van der Waals surface area (Å²) in [4.78, 5) is 12.6. The van der Waals surface area contributed by atoms with Crippen molar-refractivity contribution in [1.29, 1.82) is 0 Å². The molecule has 0 unspecified atom stereocenters. The zero-order valence-electron chi connectivity index (χ0n) is 7.32. The third kappa shape index (κ3) is 1.43. The van der Waals surface area contributed by atoms with Crippen LogP contribution in [0, 0.1) is 0 Å². The molecule has 1 aliphatic heterocycles. The number of cyclic esters (lactones) is 1. The molecule has 2 atom stereocenters. The van der Waals surface area contributed by atoms with Crippen LogP contribution in [-0.2, 0) is 9.47 Å². The van der Waals surface area contributed by atoms with Crippen LogP contribution in [0.2, 0.25) is 0 Å². The molecule has 0 aromatic rings. The zero-order chi connectivity index (χ0) is 9.14. The molecule has 1 saturated heterocycles. The molecule has 1 rings (SSSR count). The minimum atomic E-state index is -0.339. The van der Waals surface area contributed by atoms with Gasteiger partial charge in [0.2, 0.25) is 0 Å². The van der Waals surface area contributed by atoms with Crippen molar-refractivity contribution >= 4 is 6.09 Å². The molecule has 4 heteroatoms. The van der Waals surface area contributed by atoms with Gasteiger partial charge in [0.05, 0.1) is 0 Å². The summed E-state index contributed by atoms with van der Waals surface area (Å²) >= 11 is 0. The Labute approximate surface area is 71.7 Å². The first-order chi connectivity index (χ1) is 5.70. The van der Waals surface area contributed by atoms with Crippen LogP contribution in [0.4, 0.5) is 4.79 Å². The number of hydrogen-bond acceptors (Lipinski definition) is 3. The summed E-state index contributed by atoms with van der Waals surface area (Å²) in [5.74, 6) is 0. The molecule has 1 heterocycles. The molecule has 4 nitrogen and oxygen atoms in total. The summed E-state index contributed by atoms with van der Waals surface area (Å²) in [6.45, 7) is 5.81. The SMILES string of the molecule is C=CCN1C(=O)O[C@H](C)[C@@H]1OC. The summed E-state index contributed by atoms with van der Waals surface area (Å²) in [5, 5.41) is 0. The minimum Gasteiger partial charge on any atom is -0.442 e. The average molecular weight is 171 g/mol. The highest BCUT2D eigenvalue weighted by atomic mass is 16.6. The van der Waals surface area contributed by atoms with E-state index in [0.29, 0.717) is 6.54 Å². The number of carbonyl (C=O) groups excluding carboxylic acids is 1. The van der Waals surface area contributed by atoms with Crippen LogP contribution in [0.1, 0.15) is 6.92 Å². The Morgan fingerprint density at radius 3 is 3.00 bits per heavy atom.